The number of rotatable bonds is 4. The van der Waals surface area contributed by atoms with Crippen LogP contribution in [0.25, 0.3) is 0 Å². The SMILES string of the molecule is COc1ccc(Cl)cc1COc1cc(Cl)ccc1Cl. The van der Waals surface area contributed by atoms with E-state index in [0.717, 1.165) is 5.56 Å². The van der Waals surface area contributed by atoms with E-state index in [4.69, 9.17) is 44.3 Å². The normalized spacial score (nSPS) is 10.3. The summed E-state index contributed by atoms with van der Waals surface area (Å²) in [7, 11) is 1.60. The number of hydrogen-bond donors (Lipinski definition) is 0. The Kier molecular flexibility index (Phi) is 4.81. The van der Waals surface area contributed by atoms with Gasteiger partial charge in [-0.05, 0) is 30.3 Å². The zero-order chi connectivity index (χ0) is 13.8. The molecule has 0 heterocycles. The maximum atomic E-state index is 6.03. The lowest BCUT2D eigenvalue weighted by Crippen LogP contribution is -1.99. The first kappa shape index (κ1) is 14.3. The standard InChI is InChI=1S/C14H11Cl3O2/c1-18-13-5-3-10(15)6-9(13)8-19-14-7-11(16)2-4-12(14)17/h2-7H,8H2,1H3. The highest BCUT2D eigenvalue weighted by atomic mass is 35.5. The first-order valence-corrected chi connectivity index (χ1v) is 6.64. The summed E-state index contributed by atoms with van der Waals surface area (Å²) in [6, 6.07) is 10.4. The summed E-state index contributed by atoms with van der Waals surface area (Å²) in [6.07, 6.45) is 0. The maximum absolute atomic E-state index is 6.03. The second-order valence-corrected chi connectivity index (χ2v) is 5.10. The van der Waals surface area contributed by atoms with Crippen LogP contribution in [0, 0.1) is 0 Å². The molecule has 0 N–H and O–H groups in total. The van der Waals surface area contributed by atoms with Crippen LogP contribution in [0.15, 0.2) is 36.4 Å². The second-order valence-electron chi connectivity index (χ2n) is 3.82. The van der Waals surface area contributed by atoms with Crippen molar-refractivity contribution >= 4 is 34.8 Å². The number of methoxy groups -OCH3 is 1. The molecule has 0 amide bonds. The van der Waals surface area contributed by atoms with Crippen molar-refractivity contribution in [3.63, 3.8) is 0 Å². The van der Waals surface area contributed by atoms with Crippen LogP contribution in [0.5, 0.6) is 11.5 Å². The van der Waals surface area contributed by atoms with Crippen LogP contribution < -0.4 is 9.47 Å². The van der Waals surface area contributed by atoms with E-state index in [9.17, 15) is 0 Å². The molecule has 0 aliphatic carbocycles. The number of benzene rings is 2. The summed E-state index contributed by atoms with van der Waals surface area (Å²) in [6.45, 7) is 0.295. The Hall–Kier alpha value is -1.09. The van der Waals surface area contributed by atoms with E-state index in [2.05, 4.69) is 0 Å². The van der Waals surface area contributed by atoms with Gasteiger partial charge in [-0.15, -0.1) is 0 Å². The molecule has 0 spiro atoms. The quantitative estimate of drug-likeness (QED) is 0.768. The summed E-state index contributed by atoms with van der Waals surface area (Å²) in [5, 5.41) is 1.69. The summed E-state index contributed by atoms with van der Waals surface area (Å²) < 4.78 is 10.9. The van der Waals surface area contributed by atoms with Crippen molar-refractivity contribution < 1.29 is 9.47 Å². The highest BCUT2D eigenvalue weighted by Crippen LogP contribution is 2.30. The van der Waals surface area contributed by atoms with Gasteiger partial charge in [0.15, 0.2) is 0 Å². The molecule has 0 bridgehead atoms. The average Bonchev–Trinajstić information content (AvgIpc) is 2.40. The Bertz CT molecular complexity index is 585. The molecule has 2 aromatic carbocycles. The molecular formula is C14H11Cl3O2. The van der Waals surface area contributed by atoms with Gasteiger partial charge in [-0.1, -0.05) is 34.8 Å². The molecule has 5 heteroatoms. The first-order valence-electron chi connectivity index (χ1n) is 5.50. The molecule has 0 fully saturated rings. The summed E-state index contributed by atoms with van der Waals surface area (Å²) in [5.41, 5.74) is 0.839. The highest BCUT2D eigenvalue weighted by molar-refractivity contribution is 6.34. The van der Waals surface area contributed by atoms with Gasteiger partial charge >= 0.3 is 0 Å². The Morgan fingerprint density at radius 1 is 0.895 bits per heavy atom. The molecule has 0 aliphatic heterocycles. The number of hydrogen-bond acceptors (Lipinski definition) is 2. The Morgan fingerprint density at radius 2 is 1.58 bits per heavy atom. The van der Waals surface area contributed by atoms with Crippen molar-refractivity contribution in [2.45, 2.75) is 6.61 Å². The van der Waals surface area contributed by atoms with Gasteiger partial charge < -0.3 is 9.47 Å². The van der Waals surface area contributed by atoms with Gasteiger partial charge in [0.05, 0.1) is 12.1 Å². The van der Waals surface area contributed by atoms with E-state index in [-0.39, 0.29) is 0 Å². The van der Waals surface area contributed by atoms with Crippen molar-refractivity contribution in [1.29, 1.82) is 0 Å². The second kappa shape index (κ2) is 6.38. The van der Waals surface area contributed by atoms with Gasteiger partial charge in [0, 0.05) is 21.7 Å². The summed E-state index contributed by atoms with van der Waals surface area (Å²) >= 11 is 17.9. The molecule has 100 valence electrons. The van der Waals surface area contributed by atoms with Gasteiger partial charge in [-0.3, -0.25) is 0 Å². The van der Waals surface area contributed by atoms with E-state index < -0.39 is 0 Å². The third-order valence-corrected chi connectivity index (χ3v) is 3.30. The minimum absolute atomic E-state index is 0.295. The minimum Gasteiger partial charge on any atom is -0.496 e. The van der Waals surface area contributed by atoms with Crippen LogP contribution >= 0.6 is 34.8 Å². The molecule has 0 radical (unpaired) electrons. The summed E-state index contributed by atoms with van der Waals surface area (Å²) in [5.74, 6) is 1.23. The third kappa shape index (κ3) is 3.69. The van der Waals surface area contributed by atoms with E-state index in [0.29, 0.717) is 33.2 Å². The van der Waals surface area contributed by atoms with Gasteiger partial charge in [-0.2, -0.15) is 0 Å². The fourth-order valence-corrected chi connectivity index (χ4v) is 2.13. The molecule has 0 saturated carbocycles. The average molecular weight is 318 g/mol. The smallest absolute Gasteiger partial charge is 0.139 e. The lowest BCUT2D eigenvalue weighted by Gasteiger charge is -2.11. The summed E-state index contributed by atoms with van der Waals surface area (Å²) in [4.78, 5) is 0. The van der Waals surface area contributed by atoms with Crippen LogP contribution in [0.2, 0.25) is 15.1 Å². The lowest BCUT2D eigenvalue weighted by atomic mass is 10.2. The minimum atomic E-state index is 0.295. The van der Waals surface area contributed by atoms with E-state index in [1.807, 2.05) is 0 Å². The predicted molar refractivity (Wildman–Crippen MR) is 78.8 cm³/mol. The zero-order valence-electron chi connectivity index (χ0n) is 10.1. The van der Waals surface area contributed by atoms with Gasteiger partial charge in [0.25, 0.3) is 0 Å². The molecule has 2 nitrogen and oxygen atoms in total. The van der Waals surface area contributed by atoms with Gasteiger partial charge in [0.2, 0.25) is 0 Å². The molecule has 0 aromatic heterocycles. The van der Waals surface area contributed by atoms with Crippen LogP contribution in [0.3, 0.4) is 0 Å². The Morgan fingerprint density at radius 3 is 2.32 bits per heavy atom. The largest absolute Gasteiger partial charge is 0.496 e. The Labute approximate surface area is 126 Å². The predicted octanol–water partition coefficient (Wildman–Crippen LogP) is 5.23. The van der Waals surface area contributed by atoms with Crippen molar-refractivity contribution in [2.75, 3.05) is 7.11 Å². The van der Waals surface area contributed by atoms with E-state index in [1.54, 1.807) is 43.5 Å². The van der Waals surface area contributed by atoms with Crippen molar-refractivity contribution in [1.82, 2.24) is 0 Å². The number of halogens is 3. The Balaban J connectivity index is 2.18. The molecule has 2 aromatic rings. The maximum Gasteiger partial charge on any atom is 0.139 e. The van der Waals surface area contributed by atoms with E-state index >= 15 is 0 Å². The molecule has 19 heavy (non-hydrogen) atoms. The first-order chi connectivity index (χ1) is 9.10. The molecule has 0 atom stereocenters. The van der Waals surface area contributed by atoms with Crippen molar-refractivity contribution in [3.05, 3.63) is 57.0 Å². The lowest BCUT2D eigenvalue weighted by molar-refractivity contribution is 0.297. The molecule has 0 aliphatic rings. The molecule has 2 rings (SSSR count). The van der Waals surface area contributed by atoms with Crippen LogP contribution in [-0.2, 0) is 6.61 Å². The van der Waals surface area contributed by atoms with Crippen LogP contribution in [0.4, 0.5) is 0 Å². The van der Waals surface area contributed by atoms with Gasteiger partial charge in [-0.25, -0.2) is 0 Å². The monoisotopic (exact) mass is 316 g/mol. The molecular weight excluding hydrogens is 307 g/mol. The fourth-order valence-electron chi connectivity index (χ4n) is 1.60. The van der Waals surface area contributed by atoms with Gasteiger partial charge in [0.1, 0.15) is 18.1 Å². The topological polar surface area (TPSA) is 18.5 Å². The third-order valence-electron chi connectivity index (χ3n) is 2.52. The number of ether oxygens (including phenoxy) is 2. The van der Waals surface area contributed by atoms with Crippen molar-refractivity contribution in [2.24, 2.45) is 0 Å². The molecule has 0 unspecified atom stereocenters. The molecule has 0 saturated heterocycles. The highest BCUT2D eigenvalue weighted by Gasteiger charge is 2.07. The van der Waals surface area contributed by atoms with Crippen LogP contribution in [0.1, 0.15) is 5.56 Å². The zero-order valence-corrected chi connectivity index (χ0v) is 12.4. The van der Waals surface area contributed by atoms with Crippen molar-refractivity contribution in [3.8, 4) is 11.5 Å². The van der Waals surface area contributed by atoms with E-state index in [1.165, 1.54) is 0 Å². The fraction of sp³-hybridized carbons (Fsp3) is 0.143. The van der Waals surface area contributed by atoms with Crippen LogP contribution in [-0.4, -0.2) is 7.11 Å².